The first-order valence-electron chi connectivity index (χ1n) is 6.53. The van der Waals surface area contributed by atoms with Crippen molar-refractivity contribution >= 4 is 23.4 Å². The van der Waals surface area contributed by atoms with Crippen LogP contribution in [0.2, 0.25) is 0 Å². The van der Waals surface area contributed by atoms with Crippen LogP contribution < -0.4 is 5.32 Å². The second kappa shape index (κ2) is 5.87. The molecule has 1 N–H and O–H groups in total. The molecule has 2 rings (SSSR count). The summed E-state index contributed by atoms with van der Waals surface area (Å²) in [5.41, 5.74) is 1.96. The fourth-order valence-corrected chi connectivity index (χ4v) is 3.72. The highest BCUT2D eigenvalue weighted by atomic mass is 32.2. The Kier molecular flexibility index (Phi) is 4.40. The summed E-state index contributed by atoms with van der Waals surface area (Å²) in [4.78, 5) is 11.5. The van der Waals surface area contributed by atoms with Crippen molar-refractivity contribution in [1.29, 1.82) is 0 Å². The molecule has 1 aromatic rings. The van der Waals surface area contributed by atoms with Crippen molar-refractivity contribution in [3.63, 3.8) is 0 Å². The number of hydrogen-bond donors (Lipinski definition) is 1. The summed E-state index contributed by atoms with van der Waals surface area (Å²) < 4.78 is 4.74. The Morgan fingerprint density at radius 1 is 1.47 bits per heavy atom. The van der Waals surface area contributed by atoms with E-state index in [1.165, 1.54) is 12.9 Å². The third-order valence-electron chi connectivity index (χ3n) is 3.27. The molecule has 1 fully saturated rings. The fourth-order valence-electron chi connectivity index (χ4n) is 2.44. The van der Waals surface area contributed by atoms with Gasteiger partial charge in [-0.3, -0.25) is 0 Å². The van der Waals surface area contributed by atoms with Crippen molar-refractivity contribution in [3.8, 4) is 0 Å². The van der Waals surface area contributed by atoms with Gasteiger partial charge in [-0.1, -0.05) is 19.9 Å². The lowest BCUT2D eigenvalue weighted by molar-refractivity contribution is 0.0601. The van der Waals surface area contributed by atoms with Crippen LogP contribution in [0.1, 0.15) is 30.6 Å². The quantitative estimate of drug-likeness (QED) is 0.860. The van der Waals surface area contributed by atoms with E-state index in [1.54, 1.807) is 6.07 Å². The predicted molar refractivity (Wildman–Crippen MR) is 80.9 cm³/mol. The van der Waals surface area contributed by atoms with E-state index in [9.17, 15) is 4.79 Å². The minimum Gasteiger partial charge on any atom is -0.465 e. The number of ether oxygens (including phenoxy) is 1. The first-order chi connectivity index (χ1) is 9.00. The van der Waals surface area contributed by atoms with Gasteiger partial charge < -0.3 is 10.1 Å². The number of thioether (sulfide) groups is 1. The van der Waals surface area contributed by atoms with E-state index in [4.69, 9.17) is 4.74 Å². The van der Waals surface area contributed by atoms with Crippen LogP contribution in [-0.4, -0.2) is 30.6 Å². The molecule has 0 amide bonds. The predicted octanol–water partition coefficient (Wildman–Crippen LogP) is 3.42. The minimum atomic E-state index is -0.290. The van der Waals surface area contributed by atoms with Crippen molar-refractivity contribution in [1.82, 2.24) is 0 Å². The lowest BCUT2D eigenvalue weighted by atomic mass is 9.88. The zero-order chi connectivity index (χ0) is 13.9. The van der Waals surface area contributed by atoms with Crippen molar-refractivity contribution in [2.24, 2.45) is 5.41 Å². The Balaban J connectivity index is 2.05. The Labute approximate surface area is 119 Å². The second-order valence-corrected chi connectivity index (χ2v) is 6.83. The van der Waals surface area contributed by atoms with Crippen LogP contribution >= 0.6 is 11.8 Å². The molecule has 3 nitrogen and oxygen atoms in total. The van der Waals surface area contributed by atoms with E-state index in [1.807, 2.05) is 30.0 Å². The number of nitrogens with one attached hydrogen (secondary N) is 1. The monoisotopic (exact) mass is 279 g/mol. The third kappa shape index (κ3) is 3.90. The van der Waals surface area contributed by atoms with Gasteiger partial charge in [-0.2, -0.15) is 11.8 Å². The summed E-state index contributed by atoms with van der Waals surface area (Å²) >= 11 is 1.99. The van der Waals surface area contributed by atoms with Crippen LogP contribution in [0.4, 0.5) is 5.69 Å². The van der Waals surface area contributed by atoms with Crippen LogP contribution in [0.5, 0.6) is 0 Å². The molecular formula is C15H21NO2S. The molecule has 1 atom stereocenters. The zero-order valence-electron chi connectivity index (χ0n) is 11.7. The molecule has 1 saturated heterocycles. The molecular weight excluding hydrogens is 258 g/mol. The van der Waals surface area contributed by atoms with E-state index in [2.05, 4.69) is 19.2 Å². The molecule has 0 saturated carbocycles. The van der Waals surface area contributed by atoms with Crippen molar-refractivity contribution in [2.75, 3.05) is 23.9 Å². The Morgan fingerprint density at radius 3 is 2.95 bits per heavy atom. The smallest absolute Gasteiger partial charge is 0.337 e. The average Bonchev–Trinajstić information content (AvgIpc) is 2.37. The number of carbonyl (C=O) groups is 1. The molecule has 0 aromatic heterocycles. The van der Waals surface area contributed by atoms with E-state index >= 15 is 0 Å². The van der Waals surface area contributed by atoms with Crippen molar-refractivity contribution in [2.45, 2.75) is 26.3 Å². The number of esters is 1. The number of hydrogen-bond acceptors (Lipinski definition) is 4. The Bertz CT molecular complexity index is 459. The molecule has 4 heteroatoms. The molecule has 0 aliphatic carbocycles. The van der Waals surface area contributed by atoms with Gasteiger partial charge in [0.25, 0.3) is 0 Å². The molecule has 1 unspecified atom stereocenters. The third-order valence-corrected chi connectivity index (χ3v) is 4.89. The molecule has 0 radical (unpaired) electrons. The fraction of sp³-hybridized carbons (Fsp3) is 0.533. The highest BCUT2D eigenvalue weighted by Gasteiger charge is 2.28. The van der Waals surface area contributed by atoms with Crippen molar-refractivity contribution < 1.29 is 9.53 Å². The van der Waals surface area contributed by atoms with E-state index < -0.39 is 0 Å². The van der Waals surface area contributed by atoms with E-state index in [0.717, 1.165) is 17.9 Å². The Hall–Kier alpha value is -1.16. The zero-order valence-corrected chi connectivity index (χ0v) is 12.5. The SMILES string of the molecule is COC(=O)c1cccc(NC2CSCC(C)(C)C2)c1. The highest BCUT2D eigenvalue weighted by molar-refractivity contribution is 7.99. The summed E-state index contributed by atoms with van der Waals surface area (Å²) in [6, 6.07) is 7.98. The van der Waals surface area contributed by atoms with Gasteiger partial charge in [0, 0.05) is 17.5 Å². The van der Waals surface area contributed by atoms with Crippen LogP contribution in [0.3, 0.4) is 0 Å². The number of anilines is 1. The molecule has 1 aromatic carbocycles. The van der Waals surface area contributed by atoms with E-state index in [0.29, 0.717) is 17.0 Å². The van der Waals surface area contributed by atoms with Crippen LogP contribution in [0.15, 0.2) is 24.3 Å². The standard InChI is InChI=1S/C15H21NO2S/c1-15(2)8-13(9-19-10-15)16-12-6-4-5-11(7-12)14(17)18-3/h4-7,13,16H,8-10H2,1-3H3. The Morgan fingerprint density at radius 2 is 2.26 bits per heavy atom. The maximum absolute atomic E-state index is 11.5. The normalized spacial score (nSPS) is 21.7. The van der Waals surface area contributed by atoms with Crippen LogP contribution in [0.25, 0.3) is 0 Å². The lowest BCUT2D eigenvalue weighted by Crippen LogP contribution is -2.35. The number of carbonyl (C=O) groups excluding carboxylic acids is 1. The average molecular weight is 279 g/mol. The van der Waals surface area contributed by atoms with Gasteiger partial charge in [-0.15, -0.1) is 0 Å². The maximum atomic E-state index is 11.5. The number of rotatable bonds is 3. The van der Waals surface area contributed by atoms with Gasteiger partial charge in [-0.25, -0.2) is 4.79 Å². The second-order valence-electron chi connectivity index (χ2n) is 5.80. The van der Waals surface area contributed by atoms with Gasteiger partial charge in [0.05, 0.1) is 12.7 Å². The van der Waals surface area contributed by atoms with Crippen LogP contribution in [0, 0.1) is 5.41 Å². The lowest BCUT2D eigenvalue weighted by Gasteiger charge is -2.35. The molecule has 1 aliphatic rings. The highest BCUT2D eigenvalue weighted by Crippen LogP contribution is 2.34. The maximum Gasteiger partial charge on any atom is 0.337 e. The van der Waals surface area contributed by atoms with E-state index in [-0.39, 0.29) is 5.97 Å². The van der Waals surface area contributed by atoms with Crippen LogP contribution in [-0.2, 0) is 4.74 Å². The molecule has 1 heterocycles. The first-order valence-corrected chi connectivity index (χ1v) is 7.68. The number of benzene rings is 1. The molecule has 104 valence electrons. The molecule has 0 bridgehead atoms. The summed E-state index contributed by atoms with van der Waals surface area (Å²) in [7, 11) is 1.41. The topological polar surface area (TPSA) is 38.3 Å². The molecule has 19 heavy (non-hydrogen) atoms. The van der Waals surface area contributed by atoms with Gasteiger partial charge >= 0.3 is 5.97 Å². The largest absolute Gasteiger partial charge is 0.465 e. The minimum absolute atomic E-state index is 0.290. The molecule has 0 spiro atoms. The molecule has 1 aliphatic heterocycles. The van der Waals surface area contributed by atoms with Gasteiger partial charge in [0.15, 0.2) is 0 Å². The van der Waals surface area contributed by atoms with Gasteiger partial charge in [0.1, 0.15) is 0 Å². The van der Waals surface area contributed by atoms with Gasteiger partial charge in [-0.05, 0) is 35.8 Å². The van der Waals surface area contributed by atoms with Gasteiger partial charge in [0.2, 0.25) is 0 Å². The first kappa shape index (κ1) is 14.3. The summed E-state index contributed by atoms with van der Waals surface area (Å²) in [6.45, 7) is 4.61. The summed E-state index contributed by atoms with van der Waals surface area (Å²) in [5, 5.41) is 3.53. The summed E-state index contributed by atoms with van der Waals surface area (Å²) in [6.07, 6.45) is 1.16. The summed E-state index contributed by atoms with van der Waals surface area (Å²) in [5.74, 6) is 2.04. The number of methoxy groups -OCH3 is 1. The van der Waals surface area contributed by atoms with Crippen molar-refractivity contribution in [3.05, 3.63) is 29.8 Å².